The van der Waals surface area contributed by atoms with Gasteiger partial charge in [0.25, 0.3) is 0 Å². The molecular weight excluding hydrogens is 368 g/mol. The zero-order valence-electron chi connectivity index (χ0n) is 13.5. The molecule has 3 N–H and O–H groups in total. The summed E-state index contributed by atoms with van der Waals surface area (Å²) in [5, 5.41) is 2.77. The summed E-state index contributed by atoms with van der Waals surface area (Å²) in [6, 6.07) is 16.6. The smallest absolute Gasteiger partial charge is 0.407 e. The predicted octanol–water partition coefficient (Wildman–Crippen LogP) is 3.84. The number of unbranched alkanes of at least 4 members (excludes halogenated alkanes) is 1. The molecule has 5 heteroatoms. The van der Waals surface area contributed by atoms with Gasteiger partial charge in [-0.25, -0.2) is 4.79 Å². The van der Waals surface area contributed by atoms with Crippen LogP contribution in [0.1, 0.15) is 29.9 Å². The molecule has 1 aliphatic rings. The van der Waals surface area contributed by atoms with Crippen LogP contribution in [0, 0.1) is 0 Å². The Bertz CT molecular complexity index is 645. The molecule has 0 saturated heterocycles. The van der Waals surface area contributed by atoms with Crippen LogP contribution in [0.4, 0.5) is 4.79 Å². The maximum atomic E-state index is 11.8. The first-order valence-corrected chi connectivity index (χ1v) is 8.10. The second-order valence-corrected chi connectivity index (χ2v) is 5.75. The molecule has 0 aromatic heterocycles. The summed E-state index contributed by atoms with van der Waals surface area (Å²) in [7, 11) is 0. The van der Waals surface area contributed by atoms with Crippen LogP contribution in [0.3, 0.4) is 0 Å². The Hall–Kier alpha value is -1.85. The first-order chi connectivity index (χ1) is 11.3. The topological polar surface area (TPSA) is 64.3 Å². The van der Waals surface area contributed by atoms with Gasteiger partial charge in [0.15, 0.2) is 0 Å². The number of hydrogen-bond donors (Lipinski definition) is 2. The highest BCUT2D eigenvalue weighted by atomic mass is 79.9. The maximum Gasteiger partial charge on any atom is 0.407 e. The van der Waals surface area contributed by atoms with Crippen LogP contribution in [0.25, 0.3) is 11.1 Å². The Labute approximate surface area is 153 Å². The Morgan fingerprint density at radius 3 is 2.17 bits per heavy atom. The van der Waals surface area contributed by atoms with Gasteiger partial charge < -0.3 is 15.8 Å². The van der Waals surface area contributed by atoms with Crippen LogP contribution in [-0.2, 0) is 4.74 Å². The van der Waals surface area contributed by atoms with E-state index in [0.29, 0.717) is 19.7 Å². The molecule has 1 aliphatic carbocycles. The minimum atomic E-state index is -0.358. The number of halogens is 1. The number of carbonyl (C=O) groups is 1. The molecule has 0 saturated carbocycles. The number of alkyl carbamates (subject to hydrolysis) is 1. The molecule has 0 heterocycles. The van der Waals surface area contributed by atoms with Crippen LogP contribution in [0.15, 0.2) is 48.5 Å². The third-order valence-corrected chi connectivity index (χ3v) is 4.24. The quantitative estimate of drug-likeness (QED) is 0.736. The van der Waals surface area contributed by atoms with Gasteiger partial charge in [-0.3, -0.25) is 0 Å². The monoisotopic (exact) mass is 390 g/mol. The maximum absolute atomic E-state index is 11.8. The molecule has 4 nitrogen and oxygen atoms in total. The number of nitrogens with one attached hydrogen (secondary N) is 1. The Kier molecular flexibility index (Phi) is 6.82. The van der Waals surface area contributed by atoms with E-state index in [0.717, 1.165) is 12.8 Å². The Balaban J connectivity index is 0.00000208. The summed E-state index contributed by atoms with van der Waals surface area (Å²) in [5.74, 6) is 0.109. The van der Waals surface area contributed by atoms with Gasteiger partial charge in [0.2, 0.25) is 0 Å². The largest absolute Gasteiger partial charge is 0.449 e. The Morgan fingerprint density at radius 1 is 1.00 bits per heavy atom. The second-order valence-electron chi connectivity index (χ2n) is 5.75. The van der Waals surface area contributed by atoms with Crippen LogP contribution in [0.2, 0.25) is 0 Å². The van der Waals surface area contributed by atoms with Gasteiger partial charge in [0.05, 0.1) is 0 Å². The number of benzene rings is 2. The summed E-state index contributed by atoms with van der Waals surface area (Å²) < 4.78 is 5.44. The van der Waals surface area contributed by atoms with Crippen molar-refractivity contribution in [2.24, 2.45) is 5.73 Å². The summed E-state index contributed by atoms with van der Waals surface area (Å²) >= 11 is 0. The molecule has 0 radical (unpaired) electrons. The number of fused-ring (bicyclic) bond motifs is 3. The number of nitrogens with two attached hydrogens (primary N) is 1. The van der Waals surface area contributed by atoms with Crippen molar-refractivity contribution >= 4 is 23.1 Å². The number of ether oxygens (including phenoxy) is 1. The molecule has 128 valence electrons. The van der Waals surface area contributed by atoms with Crippen molar-refractivity contribution in [3.05, 3.63) is 59.7 Å². The second kappa shape index (κ2) is 8.85. The first kappa shape index (κ1) is 18.5. The molecule has 0 spiro atoms. The first-order valence-electron chi connectivity index (χ1n) is 8.10. The van der Waals surface area contributed by atoms with E-state index in [-0.39, 0.29) is 29.0 Å². The van der Waals surface area contributed by atoms with Crippen molar-refractivity contribution in [2.75, 3.05) is 19.7 Å². The average Bonchev–Trinajstić information content (AvgIpc) is 2.91. The predicted molar refractivity (Wildman–Crippen MR) is 102 cm³/mol. The molecule has 0 bridgehead atoms. The van der Waals surface area contributed by atoms with E-state index < -0.39 is 0 Å². The molecule has 24 heavy (non-hydrogen) atoms. The molecule has 0 unspecified atom stereocenters. The fourth-order valence-corrected chi connectivity index (χ4v) is 3.11. The number of hydrogen-bond acceptors (Lipinski definition) is 3. The van der Waals surface area contributed by atoms with Crippen molar-refractivity contribution in [2.45, 2.75) is 18.8 Å². The van der Waals surface area contributed by atoms with Gasteiger partial charge in [-0.05, 0) is 41.6 Å². The molecule has 0 fully saturated rings. The zero-order valence-corrected chi connectivity index (χ0v) is 15.2. The molecule has 0 atom stereocenters. The molecular formula is C19H23BrN2O2. The van der Waals surface area contributed by atoms with Crippen molar-refractivity contribution in [3.63, 3.8) is 0 Å². The van der Waals surface area contributed by atoms with Gasteiger partial charge in [-0.1, -0.05) is 48.5 Å². The zero-order chi connectivity index (χ0) is 16.1. The number of amides is 1. The van der Waals surface area contributed by atoms with Crippen LogP contribution in [0.5, 0.6) is 0 Å². The van der Waals surface area contributed by atoms with Crippen LogP contribution < -0.4 is 11.1 Å². The van der Waals surface area contributed by atoms with Crippen molar-refractivity contribution < 1.29 is 9.53 Å². The van der Waals surface area contributed by atoms with Crippen LogP contribution >= 0.6 is 17.0 Å². The van der Waals surface area contributed by atoms with Crippen LogP contribution in [-0.4, -0.2) is 25.8 Å². The summed E-state index contributed by atoms with van der Waals surface area (Å²) in [6.45, 7) is 1.61. The highest BCUT2D eigenvalue weighted by Gasteiger charge is 2.28. The lowest BCUT2D eigenvalue weighted by atomic mass is 9.98. The van der Waals surface area contributed by atoms with Gasteiger partial charge in [0.1, 0.15) is 6.61 Å². The number of carbonyl (C=O) groups excluding carboxylic acids is 1. The average molecular weight is 391 g/mol. The SMILES string of the molecule is Br.NCCCCNC(=O)OCC1c2ccccc2-c2ccccc21. The summed E-state index contributed by atoms with van der Waals surface area (Å²) in [5.41, 5.74) is 10.4. The summed E-state index contributed by atoms with van der Waals surface area (Å²) in [4.78, 5) is 11.8. The highest BCUT2D eigenvalue weighted by Crippen LogP contribution is 2.44. The molecule has 2 aromatic rings. The van der Waals surface area contributed by atoms with E-state index in [1.807, 2.05) is 24.3 Å². The van der Waals surface area contributed by atoms with E-state index in [9.17, 15) is 4.79 Å². The Morgan fingerprint density at radius 2 is 1.58 bits per heavy atom. The normalized spacial score (nSPS) is 12.0. The lowest BCUT2D eigenvalue weighted by molar-refractivity contribution is 0.143. The van der Waals surface area contributed by atoms with Gasteiger partial charge in [0, 0.05) is 12.5 Å². The van der Waals surface area contributed by atoms with Gasteiger partial charge in [-0.2, -0.15) is 0 Å². The fraction of sp³-hybridized carbons (Fsp3) is 0.316. The van der Waals surface area contributed by atoms with E-state index in [1.165, 1.54) is 22.3 Å². The van der Waals surface area contributed by atoms with E-state index >= 15 is 0 Å². The van der Waals surface area contributed by atoms with Gasteiger partial charge >= 0.3 is 6.09 Å². The minimum Gasteiger partial charge on any atom is -0.449 e. The third-order valence-electron chi connectivity index (χ3n) is 4.24. The van der Waals surface area contributed by atoms with E-state index in [1.54, 1.807) is 0 Å². The van der Waals surface area contributed by atoms with Crippen molar-refractivity contribution in [1.29, 1.82) is 0 Å². The van der Waals surface area contributed by atoms with Crippen molar-refractivity contribution in [3.8, 4) is 11.1 Å². The highest BCUT2D eigenvalue weighted by molar-refractivity contribution is 8.93. The molecule has 1 amide bonds. The van der Waals surface area contributed by atoms with Gasteiger partial charge in [-0.15, -0.1) is 17.0 Å². The lowest BCUT2D eigenvalue weighted by Gasteiger charge is -2.14. The molecule has 0 aliphatic heterocycles. The molecule has 3 rings (SSSR count). The minimum absolute atomic E-state index is 0. The third kappa shape index (κ3) is 3.97. The van der Waals surface area contributed by atoms with Crippen molar-refractivity contribution in [1.82, 2.24) is 5.32 Å². The number of rotatable bonds is 6. The standard InChI is InChI=1S/C19H22N2O2.BrH/c20-11-5-6-12-21-19(22)23-13-18-16-9-3-1-7-14(16)15-8-2-4-10-17(15)18;/h1-4,7-10,18H,5-6,11-13,20H2,(H,21,22);1H. The lowest BCUT2D eigenvalue weighted by Crippen LogP contribution is -2.27. The van der Waals surface area contributed by atoms with E-state index in [2.05, 4.69) is 29.6 Å². The summed E-state index contributed by atoms with van der Waals surface area (Å²) in [6.07, 6.45) is 1.42. The van der Waals surface area contributed by atoms with E-state index in [4.69, 9.17) is 10.5 Å². The fourth-order valence-electron chi connectivity index (χ4n) is 3.11. The molecule has 2 aromatic carbocycles.